The first kappa shape index (κ1) is 12.2. The maximum absolute atomic E-state index is 5.92. The standard InChI is InChI=1S/C11H13Cl3/c1-6-5-7(2)10(11(12,13)14)9(4)8(6)3/h5H,1-4H3. The van der Waals surface area contributed by atoms with Crippen LogP contribution in [0.15, 0.2) is 6.07 Å². The van der Waals surface area contributed by atoms with Crippen LogP contribution in [-0.4, -0.2) is 0 Å². The highest BCUT2D eigenvalue weighted by Crippen LogP contribution is 2.42. The number of hydrogen-bond acceptors (Lipinski definition) is 0. The summed E-state index contributed by atoms with van der Waals surface area (Å²) in [4.78, 5) is 0. The Hall–Kier alpha value is 0.0900. The van der Waals surface area contributed by atoms with E-state index >= 15 is 0 Å². The van der Waals surface area contributed by atoms with Gasteiger partial charge >= 0.3 is 0 Å². The van der Waals surface area contributed by atoms with Gasteiger partial charge in [0.2, 0.25) is 3.79 Å². The molecular formula is C11H13Cl3. The lowest BCUT2D eigenvalue weighted by atomic mass is 9.95. The van der Waals surface area contributed by atoms with Gasteiger partial charge < -0.3 is 0 Å². The molecule has 0 bridgehead atoms. The molecule has 0 aliphatic carbocycles. The molecule has 0 aromatic heterocycles. The van der Waals surface area contributed by atoms with Crippen LogP contribution >= 0.6 is 34.8 Å². The number of alkyl halides is 3. The second-order valence-corrected chi connectivity index (χ2v) is 5.91. The predicted molar refractivity (Wildman–Crippen MR) is 64.6 cm³/mol. The second kappa shape index (κ2) is 3.92. The predicted octanol–water partition coefficient (Wildman–Crippen LogP) is 4.75. The Labute approximate surface area is 100 Å². The van der Waals surface area contributed by atoms with Gasteiger partial charge in [-0.05, 0) is 49.9 Å². The summed E-state index contributed by atoms with van der Waals surface area (Å²) in [6.07, 6.45) is 0. The quantitative estimate of drug-likeness (QED) is 0.584. The first-order chi connectivity index (χ1) is 6.25. The van der Waals surface area contributed by atoms with E-state index < -0.39 is 3.79 Å². The molecule has 1 aromatic carbocycles. The molecule has 0 aliphatic heterocycles. The summed E-state index contributed by atoms with van der Waals surface area (Å²) in [6, 6.07) is 2.06. The van der Waals surface area contributed by atoms with Crippen molar-refractivity contribution in [3.63, 3.8) is 0 Å². The van der Waals surface area contributed by atoms with Crippen LogP contribution in [0.5, 0.6) is 0 Å². The molecule has 0 saturated heterocycles. The zero-order valence-electron chi connectivity index (χ0n) is 8.71. The third kappa shape index (κ3) is 2.18. The minimum absolute atomic E-state index is 0.811. The summed E-state index contributed by atoms with van der Waals surface area (Å²) in [5.74, 6) is 0. The van der Waals surface area contributed by atoms with Crippen molar-refractivity contribution in [2.24, 2.45) is 0 Å². The summed E-state index contributed by atoms with van der Waals surface area (Å²) in [6.45, 7) is 8.07. The molecule has 0 spiro atoms. The average molecular weight is 252 g/mol. The molecule has 0 fully saturated rings. The van der Waals surface area contributed by atoms with Crippen molar-refractivity contribution in [2.45, 2.75) is 31.5 Å². The van der Waals surface area contributed by atoms with Crippen molar-refractivity contribution in [1.29, 1.82) is 0 Å². The molecular weight excluding hydrogens is 238 g/mol. The first-order valence-corrected chi connectivity index (χ1v) is 5.53. The Morgan fingerprint density at radius 2 is 1.36 bits per heavy atom. The van der Waals surface area contributed by atoms with Gasteiger partial charge in [0, 0.05) is 5.56 Å². The summed E-state index contributed by atoms with van der Waals surface area (Å²) < 4.78 is -1.33. The molecule has 14 heavy (non-hydrogen) atoms. The van der Waals surface area contributed by atoms with Crippen molar-refractivity contribution >= 4 is 34.8 Å². The first-order valence-electron chi connectivity index (χ1n) is 4.39. The van der Waals surface area contributed by atoms with Gasteiger partial charge in [-0.2, -0.15) is 0 Å². The van der Waals surface area contributed by atoms with Gasteiger partial charge in [-0.3, -0.25) is 0 Å². The van der Waals surface area contributed by atoms with E-state index in [9.17, 15) is 0 Å². The van der Waals surface area contributed by atoms with Gasteiger partial charge in [-0.15, -0.1) is 0 Å². The lowest BCUT2D eigenvalue weighted by Crippen LogP contribution is -2.08. The fourth-order valence-corrected chi connectivity index (χ4v) is 2.59. The summed E-state index contributed by atoms with van der Waals surface area (Å²) >= 11 is 17.8. The van der Waals surface area contributed by atoms with Crippen molar-refractivity contribution in [3.05, 3.63) is 33.9 Å². The molecule has 0 unspecified atom stereocenters. The van der Waals surface area contributed by atoms with E-state index in [1.54, 1.807) is 0 Å². The van der Waals surface area contributed by atoms with Crippen LogP contribution < -0.4 is 0 Å². The summed E-state index contributed by atoms with van der Waals surface area (Å²) in [5, 5.41) is 0. The molecule has 0 radical (unpaired) electrons. The Morgan fingerprint density at radius 3 is 1.79 bits per heavy atom. The molecule has 0 N–H and O–H groups in total. The Morgan fingerprint density at radius 1 is 0.857 bits per heavy atom. The van der Waals surface area contributed by atoms with E-state index in [0.717, 1.165) is 16.7 Å². The van der Waals surface area contributed by atoms with Crippen molar-refractivity contribution in [1.82, 2.24) is 0 Å². The molecule has 0 saturated carbocycles. The Kier molecular flexibility index (Phi) is 3.41. The largest absolute Gasteiger partial charge is 0.216 e. The molecule has 1 rings (SSSR count). The van der Waals surface area contributed by atoms with Crippen LogP contribution in [0.25, 0.3) is 0 Å². The van der Waals surface area contributed by atoms with Crippen LogP contribution in [0.1, 0.15) is 27.8 Å². The van der Waals surface area contributed by atoms with Crippen LogP contribution in [0, 0.1) is 27.7 Å². The number of halogens is 3. The van der Waals surface area contributed by atoms with Gasteiger partial charge in [-0.25, -0.2) is 0 Å². The molecule has 0 amide bonds. The molecule has 0 atom stereocenters. The molecule has 0 aliphatic rings. The zero-order chi connectivity index (χ0) is 11.1. The number of hydrogen-bond donors (Lipinski definition) is 0. The zero-order valence-corrected chi connectivity index (χ0v) is 11.0. The van der Waals surface area contributed by atoms with Crippen molar-refractivity contribution in [3.8, 4) is 0 Å². The summed E-state index contributed by atoms with van der Waals surface area (Å²) in [7, 11) is 0. The van der Waals surface area contributed by atoms with Gasteiger partial charge in [0.1, 0.15) is 0 Å². The SMILES string of the molecule is Cc1cc(C)c(C(Cl)(Cl)Cl)c(C)c1C. The molecule has 78 valence electrons. The fourth-order valence-electron chi connectivity index (χ4n) is 1.72. The fraction of sp³-hybridized carbons (Fsp3) is 0.455. The van der Waals surface area contributed by atoms with Gasteiger partial charge in [-0.1, -0.05) is 40.9 Å². The van der Waals surface area contributed by atoms with E-state index in [4.69, 9.17) is 34.8 Å². The van der Waals surface area contributed by atoms with E-state index in [-0.39, 0.29) is 0 Å². The minimum atomic E-state index is -1.33. The lowest BCUT2D eigenvalue weighted by Gasteiger charge is -2.20. The highest BCUT2D eigenvalue weighted by molar-refractivity contribution is 6.66. The van der Waals surface area contributed by atoms with Gasteiger partial charge in [0.05, 0.1) is 0 Å². The van der Waals surface area contributed by atoms with Crippen LogP contribution in [0.4, 0.5) is 0 Å². The van der Waals surface area contributed by atoms with Gasteiger partial charge in [0.15, 0.2) is 0 Å². The maximum Gasteiger partial charge on any atom is 0.216 e. The Balaban J connectivity index is 3.53. The lowest BCUT2D eigenvalue weighted by molar-refractivity contribution is 1.10. The molecule has 3 heteroatoms. The molecule has 0 nitrogen and oxygen atoms in total. The normalized spacial score (nSPS) is 11.9. The highest BCUT2D eigenvalue weighted by Gasteiger charge is 2.27. The second-order valence-electron chi connectivity index (χ2n) is 3.63. The number of aryl methyl sites for hydroxylation is 2. The van der Waals surface area contributed by atoms with E-state index in [2.05, 4.69) is 13.0 Å². The third-order valence-electron chi connectivity index (χ3n) is 2.64. The Bertz CT molecular complexity index is 362. The number of rotatable bonds is 0. The van der Waals surface area contributed by atoms with Crippen LogP contribution in [0.2, 0.25) is 0 Å². The van der Waals surface area contributed by atoms with Crippen LogP contribution in [0.3, 0.4) is 0 Å². The topological polar surface area (TPSA) is 0 Å². The average Bonchev–Trinajstić information content (AvgIpc) is 1.97. The monoisotopic (exact) mass is 250 g/mol. The van der Waals surface area contributed by atoms with Crippen LogP contribution in [-0.2, 0) is 3.79 Å². The molecule has 1 aromatic rings. The smallest absolute Gasteiger partial charge is 0.0784 e. The maximum atomic E-state index is 5.92. The van der Waals surface area contributed by atoms with E-state index in [1.165, 1.54) is 11.1 Å². The van der Waals surface area contributed by atoms with E-state index in [0.29, 0.717) is 0 Å². The number of benzene rings is 1. The highest BCUT2D eigenvalue weighted by atomic mass is 35.6. The molecule has 0 heterocycles. The van der Waals surface area contributed by atoms with Crippen molar-refractivity contribution in [2.75, 3.05) is 0 Å². The van der Waals surface area contributed by atoms with Crippen molar-refractivity contribution < 1.29 is 0 Å². The summed E-state index contributed by atoms with van der Waals surface area (Å²) in [5.41, 5.74) is 5.34. The van der Waals surface area contributed by atoms with Gasteiger partial charge in [0.25, 0.3) is 0 Å². The third-order valence-corrected chi connectivity index (χ3v) is 3.21. The van der Waals surface area contributed by atoms with E-state index in [1.807, 2.05) is 20.8 Å². The minimum Gasteiger partial charge on any atom is -0.0784 e.